The third-order valence-corrected chi connectivity index (χ3v) is 3.62. The molecule has 1 atom stereocenters. The van der Waals surface area contributed by atoms with E-state index in [1.165, 1.54) is 0 Å². The Balaban J connectivity index is 2.75. The molecule has 0 saturated carbocycles. The Morgan fingerprint density at radius 1 is 1.19 bits per heavy atom. The molecule has 10 heteroatoms. The van der Waals surface area contributed by atoms with E-state index in [-0.39, 0.29) is 30.4 Å². The number of halogens is 2. The van der Waals surface area contributed by atoms with Gasteiger partial charge in [0.05, 0.1) is 18.3 Å². The molecule has 0 aliphatic carbocycles. The van der Waals surface area contributed by atoms with E-state index >= 15 is 0 Å². The number of amides is 2. The Morgan fingerprint density at radius 3 is 2.30 bits per heavy atom. The second-order valence-corrected chi connectivity index (χ2v) is 7.09. The van der Waals surface area contributed by atoms with Gasteiger partial charge in [0, 0.05) is 6.54 Å². The number of carbonyl (C=O) groups excluding carboxylic acids is 2. The average Bonchev–Trinajstić information content (AvgIpc) is 2.94. The molecule has 0 unspecified atom stereocenters. The molecule has 1 rings (SSSR count). The molecule has 0 aliphatic heterocycles. The van der Waals surface area contributed by atoms with Crippen LogP contribution in [-0.2, 0) is 16.1 Å². The lowest BCUT2D eigenvalue weighted by Gasteiger charge is -2.16. The fourth-order valence-corrected chi connectivity index (χ4v) is 2.49. The van der Waals surface area contributed by atoms with Crippen LogP contribution in [0.1, 0.15) is 56.6 Å². The van der Waals surface area contributed by atoms with Gasteiger partial charge in [-0.2, -0.15) is 5.10 Å². The first-order chi connectivity index (χ1) is 12.5. The number of carbonyl (C=O) groups is 3. The molecule has 8 nitrogen and oxygen atoms in total. The van der Waals surface area contributed by atoms with Crippen LogP contribution >= 0.6 is 0 Å². The van der Waals surface area contributed by atoms with E-state index in [4.69, 9.17) is 5.11 Å². The first-order valence-electron chi connectivity index (χ1n) is 8.67. The predicted octanol–water partition coefficient (Wildman–Crippen LogP) is 1.82. The number of hydrogen-bond acceptors (Lipinski definition) is 4. The van der Waals surface area contributed by atoms with E-state index < -0.39 is 42.5 Å². The number of hydrogen-bond donors (Lipinski definition) is 3. The lowest BCUT2D eigenvalue weighted by atomic mass is 10.0. The van der Waals surface area contributed by atoms with Gasteiger partial charge in [-0.15, -0.1) is 0 Å². The molecular weight excluding hydrogens is 362 g/mol. The zero-order valence-electron chi connectivity index (χ0n) is 15.8. The molecule has 0 aromatic carbocycles. The second kappa shape index (κ2) is 9.98. The molecule has 1 heterocycles. The zero-order chi connectivity index (χ0) is 20.7. The molecule has 0 bridgehead atoms. The number of carboxylic acid groups (broad SMARTS) is 1. The molecule has 0 aliphatic rings. The van der Waals surface area contributed by atoms with Gasteiger partial charge in [0.1, 0.15) is 11.7 Å². The Kier molecular flexibility index (Phi) is 8.32. The number of nitrogens with one attached hydrogen (secondary N) is 2. The predicted molar refractivity (Wildman–Crippen MR) is 93.4 cm³/mol. The standard InChI is InChI=1S/C17H26F2N4O4/c1-9(2)5-12(17(26)27)22-13(24)7-20-16(25)11-6-21-23(8-10(3)4)14(11)15(18)19/h6,9-10,12,15H,5,7-8H2,1-4H3,(H,20,25)(H,22,24)(H,26,27)/t12-/m0/s1. The third kappa shape index (κ3) is 6.95. The van der Waals surface area contributed by atoms with Crippen molar-refractivity contribution in [2.75, 3.05) is 6.54 Å². The lowest BCUT2D eigenvalue weighted by Crippen LogP contribution is -2.46. The van der Waals surface area contributed by atoms with Gasteiger partial charge in [-0.1, -0.05) is 27.7 Å². The molecular formula is C17H26F2N4O4. The highest BCUT2D eigenvalue weighted by atomic mass is 19.3. The minimum absolute atomic E-state index is 0.0430. The maximum absolute atomic E-state index is 13.3. The van der Waals surface area contributed by atoms with E-state index in [1.807, 2.05) is 27.7 Å². The van der Waals surface area contributed by atoms with Crippen molar-refractivity contribution >= 4 is 17.8 Å². The topological polar surface area (TPSA) is 113 Å². The van der Waals surface area contributed by atoms with Gasteiger partial charge in [-0.05, 0) is 18.3 Å². The smallest absolute Gasteiger partial charge is 0.326 e. The van der Waals surface area contributed by atoms with Crippen LogP contribution in [0.25, 0.3) is 0 Å². The fourth-order valence-electron chi connectivity index (χ4n) is 2.49. The number of nitrogens with zero attached hydrogens (tertiary/aromatic N) is 2. The molecule has 2 amide bonds. The highest BCUT2D eigenvalue weighted by Crippen LogP contribution is 2.23. The largest absolute Gasteiger partial charge is 0.480 e. The maximum atomic E-state index is 13.3. The molecule has 0 fully saturated rings. The zero-order valence-corrected chi connectivity index (χ0v) is 15.8. The number of alkyl halides is 2. The van der Waals surface area contributed by atoms with Crippen LogP contribution in [0, 0.1) is 11.8 Å². The minimum Gasteiger partial charge on any atom is -0.480 e. The van der Waals surface area contributed by atoms with Gasteiger partial charge in [-0.25, -0.2) is 13.6 Å². The lowest BCUT2D eigenvalue weighted by molar-refractivity contribution is -0.142. The molecule has 0 saturated heterocycles. The van der Waals surface area contributed by atoms with E-state index in [1.54, 1.807) is 0 Å². The molecule has 1 aromatic rings. The van der Waals surface area contributed by atoms with Crippen molar-refractivity contribution in [1.29, 1.82) is 0 Å². The van der Waals surface area contributed by atoms with E-state index in [2.05, 4.69) is 15.7 Å². The van der Waals surface area contributed by atoms with Crippen molar-refractivity contribution in [3.8, 4) is 0 Å². The summed E-state index contributed by atoms with van der Waals surface area (Å²) >= 11 is 0. The number of aliphatic carboxylic acids is 1. The van der Waals surface area contributed by atoms with Crippen molar-refractivity contribution in [2.45, 2.75) is 53.1 Å². The van der Waals surface area contributed by atoms with Gasteiger partial charge < -0.3 is 15.7 Å². The molecule has 0 spiro atoms. The summed E-state index contributed by atoms with van der Waals surface area (Å²) in [5, 5.41) is 17.5. The summed E-state index contributed by atoms with van der Waals surface area (Å²) in [5.74, 6) is -2.67. The van der Waals surface area contributed by atoms with Gasteiger partial charge in [0.25, 0.3) is 12.3 Å². The van der Waals surface area contributed by atoms with Gasteiger partial charge in [0.15, 0.2) is 0 Å². The summed E-state index contributed by atoms with van der Waals surface area (Å²) < 4.78 is 27.7. The highest BCUT2D eigenvalue weighted by Gasteiger charge is 2.26. The Hall–Kier alpha value is -2.52. The summed E-state index contributed by atoms with van der Waals surface area (Å²) in [5.41, 5.74) is -0.819. The first-order valence-corrected chi connectivity index (χ1v) is 8.67. The van der Waals surface area contributed by atoms with Crippen LogP contribution in [-0.4, -0.2) is 45.3 Å². The molecule has 27 heavy (non-hydrogen) atoms. The summed E-state index contributed by atoms with van der Waals surface area (Å²) in [4.78, 5) is 35.2. The molecule has 1 aromatic heterocycles. The Labute approximate surface area is 156 Å². The van der Waals surface area contributed by atoms with Crippen molar-refractivity contribution in [1.82, 2.24) is 20.4 Å². The second-order valence-electron chi connectivity index (χ2n) is 7.09. The van der Waals surface area contributed by atoms with E-state index in [0.29, 0.717) is 0 Å². The SMILES string of the molecule is CC(C)C[C@H](NC(=O)CNC(=O)c1cnn(CC(C)C)c1C(F)F)C(=O)O. The van der Waals surface area contributed by atoms with Crippen molar-refractivity contribution in [2.24, 2.45) is 11.8 Å². The first kappa shape index (κ1) is 22.5. The number of aromatic nitrogens is 2. The third-order valence-electron chi connectivity index (χ3n) is 3.62. The molecule has 3 N–H and O–H groups in total. The Bertz CT molecular complexity index is 674. The van der Waals surface area contributed by atoms with Crippen LogP contribution in [0.2, 0.25) is 0 Å². The number of carboxylic acids is 1. The summed E-state index contributed by atoms with van der Waals surface area (Å²) in [6.07, 6.45) is -1.63. The Morgan fingerprint density at radius 2 is 1.81 bits per heavy atom. The van der Waals surface area contributed by atoms with Crippen LogP contribution < -0.4 is 10.6 Å². The summed E-state index contributed by atoms with van der Waals surface area (Å²) in [7, 11) is 0. The van der Waals surface area contributed by atoms with Crippen LogP contribution in [0.15, 0.2) is 6.20 Å². The summed E-state index contributed by atoms with van der Waals surface area (Å²) in [6, 6.07) is -1.08. The van der Waals surface area contributed by atoms with Gasteiger partial charge in [0.2, 0.25) is 5.91 Å². The normalized spacial score (nSPS) is 12.5. The van der Waals surface area contributed by atoms with Crippen LogP contribution in [0.5, 0.6) is 0 Å². The van der Waals surface area contributed by atoms with Crippen LogP contribution in [0.3, 0.4) is 0 Å². The fraction of sp³-hybridized carbons (Fsp3) is 0.647. The highest BCUT2D eigenvalue weighted by molar-refractivity contribution is 5.97. The van der Waals surface area contributed by atoms with Crippen molar-refractivity contribution in [3.05, 3.63) is 17.5 Å². The van der Waals surface area contributed by atoms with E-state index in [9.17, 15) is 23.2 Å². The van der Waals surface area contributed by atoms with E-state index in [0.717, 1.165) is 10.9 Å². The summed E-state index contributed by atoms with van der Waals surface area (Å²) in [6.45, 7) is 6.98. The maximum Gasteiger partial charge on any atom is 0.326 e. The average molecular weight is 388 g/mol. The van der Waals surface area contributed by atoms with Crippen molar-refractivity contribution in [3.63, 3.8) is 0 Å². The van der Waals surface area contributed by atoms with Crippen molar-refractivity contribution < 1.29 is 28.3 Å². The minimum atomic E-state index is -2.90. The monoisotopic (exact) mass is 388 g/mol. The van der Waals surface area contributed by atoms with Gasteiger partial charge in [-0.3, -0.25) is 14.3 Å². The number of rotatable bonds is 10. The molecule has 0 radical (unpaired) electrons. The van der Waals surface area contributed by atoms with Gasteiger partial charge >= 0.3 is 5.97 Å². The molecule has 152 valence electrons. The quantitative estimate of drug-likeness (QED) is 0.566. The van der Waals surface area contributed by atoms with Crippen LogP contribution in [0.4, 0.5) is 8.78 Å².